The Labute approximate surface area is 192 Å². The van der Waals surface area contributed by atoms with E-state index in [2.05, 4.69) is 10.1 Å². The molecule has 2 heterocycles. The number of nitrogens with one attached hydrogen (secondary N) is 1. The van der Waals surface area contributed by atoms with Gasteiger partial charge in [-0.3, -0.25) is 19.3 Å². The Balaban J connectivity index is 1.35. The lowest BCUT2D eigenvalue weighted by Gasteiger charge is -2.34. The number of rotatable bonds is 5. The monoisotopic (exact) mass is 477 g/mol. The van der Waals surface area contributed by atoms with Crippen molar-refractivity contribution in [2.24, 2.45) is 5.92 Å². The molecule has 0 radical (unpaired) electrons. The van der Waals surface area contributed by atoms with E-state index in [0.717, 1.165) is 17.0 Å². The first-order chi connectivity index (χ1) is 16.1. The highest BCUT2D eigenvalue weighted by Crippen LogP contribution is 2.31. The molecule has 1 atom stereocenters. The number of amides is 3. The van der Waals surface area contributed by atoms with E-state index in [0.29, 0.717) is 31.6 Å². The third-order valence-electron chi connectivity index (χ3n) is 5.95. The number of hydrogen-bond donors (Lipinski definition) is 2. The second-order valence-corrected chi connectivity index (χ2v) is 8.15. The summed E-state index contributed by atoms with van der Waals surface area (Å²) in [6.45, 7) is 0.851. The molecule has 2 N–H and O–H groups in total. The summed E-state index contributed by atoms with van der Waals surface area (Å²) in [7, 11) is 0. The molecular weight excluding hydrogens is 455 g/mol. The van der Waals surface area contributed by atoms with Crippen LogP contribution in [0, 0.1) is 5.92 Å². The molecule has 2 saturated heterocycles. The molecule has 11 heteroatoms. The predicted octanol–water partition coefficient (Wildman–Crippen LogP) is 3.27. The van der Waals surface area contributed by atoms with Gasteiger partial charge in [-0.15, -0.1) is 13.2 Å². The summed E-state index contributed by atoms with van der Waals surface area (Å²) >= 11 is 0. The van der Waals surface area contributed by atoms with Gasteiger partial charge < -0.3 is 15.2 Å². The maximum atomic E-state index is 13.0. The van der Waals surface area contributed by atoms with Crippen LogP contribution in [-0.2, 0) is 14.4 Å². The average Bonchev–Trinajstić information content (AvgIpc) is 3.09. The summed E-state index contributed by atoms with van der Waals surface area (Å²) in [6, 6.07) is 10.3. The van der Waals surface area contributed by atoms with Crippen molar-refractivity contribution in [1.82, 2.24) is 4.90 Å². The van der Waals surface area contributed by atoms with E-state index in [-0.39, 0.29) is 29.7 Å². The second-order valence-electron chi connectivity index (χ2n) is 8.15. The number of halogens is 3. The maximum absolute atomic E-state index is 13.0. The van der Waals surface area contributed by atoms with Crippen LogP contribution in [0.3, 0.4) is 0 Å². The number of anilines is 2. The van der Waals surface area contributed by atoms with Crippen molar-refractivity contribution in [3.63, 3.8) is 0 Å². The molecule has 2 aromatic carbocycles. The van der Waals surface area contributed by atoms with Gasteiger partial charge in [0.1, 0.15) is 11.5 Å². The van der Waals surface area contributed by atoms with E-state index < -0.39 is 30.0 Å². The number of nitrogens with zero attached hydrogens (tertiary/aromatic N) is 2. The lowest BCUT2D eigenvalue weighted by atomic mass is 9.94. The number of carbonyl (C=O) groups excluding carboxylic acids is 3. The third-order valence-corrected chi connectivity index (χ3v) is 5.95. The topological polar surface area (TPSA) is 99.2 Å². The van der Waals surface area contributed by atoms with Crippen LogP contribution in [0.2, 0.25) is 0 Å². The van der Waals surface area contributed by atoms with Crippen LogP contribution in [0.1, 0.15) is 19.3 Å². The van der Waals surface area contributed by atoms with Crippen molar-refractivity contribution in [2.45, 2.75) is 31.7 Å². The van der Waals surface area contributed by atoms with Gasteiger partial charge in [0.05, 0.1) is 23.8 Å². The second kappa shape index (κ2) is 9.34. The molecule has 2 aromatic rings. The van der Waals surface area contributed by atoms with Gasteiger partial charge in [-0.1, -0.05) is 12.1 Å². The predicted molar refractivity (Wildman–Crippen MR) is 115 cm³/mol. The Morgan fingerprint density at radius 1 is 1.03 bits per heavy atom. The zero-order chi connectivity index (χ0) is 24.5. The van der Waals surface area contributed by atoms with Gasteiger partial charge >= 0.3 is 6.36 Å². The zero-order valence-corrected chi connectivity index (χ0v) is 17.9. The van der Waals surface area contributed by atoms with Gasteiger partial charge in [0, 0.05) is 5.92 Å². The Morgan fingerprint density at radius 2 is 1.68 bits per heavy atom. The zero-order valence-electron chi connectivity index (χ0n) is 17.9. The Morgan fingerprint density at radius 3 is 2.29 bits per heavy atom. The fourth-order valence-corrected chi connectivity index (χ4v) is 4.26. The van der Waals surface area contributed by atoms with Crippen LogP contribution in [-0.4, -0.2) is 53.2 Å². The fraction of sp³-hybridized carbons (Fsp3) is 0.348. The molecule has 4 rings (SSSR count). The molecule has 0 aliphatic carbocycles. The van der Waals surface area contributed by atoms with Gasteiger partial charge in [0.2, 0.25) is 11.8 Å². The van der Waals surface area contributed by atoms with Crippen LogP contribution in [0.15, 0.2) is 48.5 Å². The number of likely N-dealkylation sites (tertiary alicyclic amines) is 1. The molecule has 180 valence electrons. The molecular formula is C23H22F3N3O5. The molecule has 0 saturated carbocycles. The molecule has 0 aromatic heterocycles. The van der Waals surface area contributed by atoms with E-state index in [9.17, 15) is 32.7 Å². The molecule has 8 nitrogen and oxygen atoms in total. The van der Waals surface area contributed by atoms with Crippen molar-refractivity contribution in [3.05, 3.63) is 48.5 Å². The summed E-state index contributed by atoms with van der Waals surface area (Å²) in [6.07, 6.45) is -3.94. The van der Waals surface area contributed by atoms with Gasteiger partial charge in [-0.25, -0.2) is 4.90 Å². The van der Waals surface area contributed by atoms with Crippen molar-refractivity contribution in [3.8, 4) is 11.5 Å². The van der Waals surface area contributed by atoms with Crippen LogP contribution >= 0.6 is 0 Å². The van der Waals surface area contributed by atoms with E-state index >= 15 is 0 Å². The molecule has 2 fully saturated rings. The summed E-state index contributed by atoms with van der Waals surface area (Å²) < 4.78 is 40.9. The number of ether oxygens (including phenoxy) is 1. The maximum Gasteiger partial charge on any atom is 0.573 e. The largest absolute Gasteiger partial charge is 0.573 e. The summed E-state index contributed by atoms with van der Waals surface area (Å²) in [4.78, 5) is 40.9. The number of phenols is 1. The van der Waals surface area contributed by atoms with Gasteiger partial charge in [0.15, 0.2) is 0 Å². The van der Waals surface area contributed by atoms with Crippen LogP contribution in [0.4, 0.5) is 24.5 Å². The van der Waals surface area contributed by atoms with Gasteiger partial charge in [0.25, 0.3) is 5.91 Å². The van der Waals surface area contributed by atoms with Crippen molar-refractivity contribution in [2.75, 3.05) is 23.3 Å². The summed E-state index contributed by atoms with van der Waals surface area (Å²) in [5.74, 6) is -1.90. The normalized spacial score (nSPS) is 20.0. The SMILES string of the molecule is O=C(Nc1ccccc1O)C1CCN(C2CC(=O)N(c3ccc(OC(F)(F)F)cc3)C2=O)CC1. The van der Waals surface area contributed by atoms with E-state index in [1.807, 2.05) is 4.90 Å². The number of alkyl halides is 3. The molecule has 2 aliphatic rings. The molecule has 34 heavy (non-hydrogen) atoms. The number of hydrogen-bond acceptors (Lipinski definition) is 6. The van der Waals surface area contributed by atoms with Gasteiger partial charge in [-0.2, -0.15) is 0 Å². The Bertz CT molecular complexity index is 1080. The number of phenolic OH excluding ortho intramolecular Hbond substituents is 1. The van der Waals surface area contributed by atoms with Crippen molar-refractivity contribution in [1.29, 1.82) is 0 Å². The standard InChI is InChI=1S/C23H22F3N3O5/c24-23(25,26)34-16-7-5-15(6-8-16)29-20(31)13-18(22(29)33)28-11-9-14(10-12-28)21(32)27-17-3-1-2-4-19(17)30/h1-8,14,18,30H,9-13H2,(H,27,32). The van der Waals surface area contributed by atoms with Crippen molar-refractivity contribution >= 4 is 29.1 Å². The minimum Gasteiger partial charge on any atom is -0.506 e. The number of piperidine rings is 1. The Hall–Kier alpha value is -3.60. The highest BCUT2D eigenvalue weighted by atomic mass is 19.4. The van der Waals surface area contributed by atoms with Crippen LogP contribution in [0.25, 0.3) is 0 Å². The third kappa shape index (κ3) is 5.14. The lowest BCUT2D eigenvalue weighted by molar-refractivity contribution is -0.274. The number of imide groups is 1. The summed E-state index contributed by atoms with van der Waals surface area (Å²) in [5.41, 5.74) is 0.498. The first kappa shape index (κ1) is 23.6. The minimum absolute atomic E-state index is 0.0264. The fourth-order valence-electron chi connectivity index (χ4n) is 4.26. The minimum atomic E-state index is -4.84. The molecule has 0 spiro atoms. The smallest absolute Gasteiger partial charge is 0.506 e. The average molecular weight is 477 g/mol. The number of aromatic hydroxyl groups is 1. The first-order valence-corrected chi connectivity index (χ1v) is 10.7. The highest BCUT2D eigenvalue weighted by Gasteiger charge is 2.44. The Kier molecular flexibility index (Phi) is 6.47. The molecule has 1 unspecified atom stereocenters. The molecule has 3 amide bonds. The van der Waals surface area contributed by atoms with Crippen LogP contribution < -0.4 is 15.0 Å². The highest BCUT2D eigenvalue weighted by molar-refractivity contribution is 6.22. The lowest BCUT2D eigenvalue weighted by Crippen LogP contribution is -2.47. The number of benzene rings is 2. The first-order valence-electron chi connectivity index (χ1n) is 10.7. The molecule has 2 aliphatic heterocycles. The number of para-hydroxylation sites is 2. The van der Waals surface area contributed by atoms with Crippen LogP contribution in [0.5, 0.6) is 11.5 Å². The van der Waals surface area contributed by atoms with E-state index in [1.54, 1.807) is 18.2 Å². The van der Waals surface area contributed by atoms with Crippen molar-refractivity contribution < 1.29 is 37.4 Å². The van der Waals surface area contributed by atoms with Gasteiger partial charge in [-0.05, 0) is 62.3 Å². The van der Waals surface area contributed by atoms with E-state index in [4.69, 9.17) is 0 Å². The van der Waals surface area contributed by atoms with E-state index in [1.165, 1.54) is 18.2 Å². The number of carbonyl (C=O) groups is 3. The summed E-state index contributed by atoms with van der Waals surface area (Å²) in [5, 5.41) is 12.5. The molecule has 0 bridgehead atoms. The quantitative estimate of drug-likeness (QED) is 0.507.